The Bertz CT molecular complexity index is 738. The maximum absolute atomic E-state index is 11.2. The lowest BCUT2D eigenvalue weighted by molar-refractivity contribution is -0.384. The number of fused-ring (bicyclic) bond motifs is 1. The van der Waals surface area contributed by atoms with Crippen molar-refractivity contribution < 1.29 is 14.5 Å². The number of nitrogens with zero attached hydrogens (tertiary/aromatic N) is 4. The molecule has 0 saturated carbocycles. The largest absolute Gasteiger partial charge is 0.335 e. The van der Waals surface area contributed by atoms with Crippen LogP contribution in [-0.2, 0) is 9.59 Å². The van der Waals surface area contributed by atoms with E-state index in [1.807, 2.05) is 0 Å². The molecule has 0 fully saturated rings. The van der Waals surface area contributed by atoms with Crippen molar-refractivity contribution in [1.82, 2.24) is 14.9 Å². The van der Waals surface area contributed by atoms with Crippen LogP contribution in [-0.4, -0.2) is 26.3 Å². The predicted molar refractivity (Wildman–Crippen MR) is 65.6 cm³/mol. The average Bonchev–Trinajstić information content (AvgIpc) is 2.92. The van der Waals surface area contributed by atoms with E-state index in [0.717, 1.165) is 0 Å². The van der Waals surface area contributed by atoms with Crippen LogP contribution >= 0.6 is 0 Å². The lowest BCUT2D eigenvalue weighted by Gasteiger charge is -2.16. The van der Waals surface area contributed by atoms with Crippen molar-refractivity contribution in [2.45, 2.75) is 0 Å². The van der Waals surface area contributed by atoms with E-state index in [0.29, 0.717) is 0 Å². The number of rotatable bonds is 2. The Kier molecular flexibility index (Phi) is 2.46. The fourth-order valence-corrected chi connectivity index (χ4v) is 1.85. The number of amides is 2. The zero-order valence-electron chi connectivity index (χ0n) is 9.81. The highest BCUT2D eigenvalue weighted by Crippen LogP contribution is 2.35. The maximum atomic E-state index is 11.2. The lowest BCUT2D eigenvalue weighted by atomic mass is 10.1. The zero-order chi connectivity index (χ0) is 14.3. The second-order valence-electron chi connectivity index (χ2n) is 3.96. The van der Waals surface area contributed by atoms with E-state index >= 15 is 0 Å². The minimum Gasteiger partial charge on any atom is -0.316 e. The van der Waals surface area contributed by atoms with Gasteiger partial charge in [-0.1, -0.05) is 0 Å². The van der Waals surface area contributed by atoms with E-state index in [2.05, 4.69) is 15.6 Å². The highest BCUT2D eigenvalue weighted by molar-refractivity contribution is 6.42. The van der Waals surface area contributed by atoms with Crippen LogP contribution in [0.5, 0.6) is 0 Å². The highest BCUT2D eigenvalue weighted by atomic mass is 16.6. The molecule has 1 aromatic carbocycles. The normalized spacial score (nSPS) is 13.4. The Balaban J connectivity index is 2.20. The molecule has 1 aliphatic heterocycles. The van der Waals surface area contributed by atoms with Crippen molar-refractivity contribution in [2.75, 3.05) is 5.32 Å². The van der Waals surface area contributed by atoms with Crippen LogP contribution in [0.4, 0.5) is 17.1 Å². The van der Waals surface area contributed by atoms with Gasteiger partial charge in [0, 0.05) is 18.5 Å². The number of hydrogen-bond donors (Lipinski definition) is 1. The van der Waals surface area contributed by atoms with Gasteiger partial charge in [0.05, 0.1) is 22.6 Å². The molecule has 0 unspecified atom stereocenters. The van der Waals surface area contributed by atoms with Gasteiger partial charge in [0.1, 0.15) is 5.69 Å². The Morgan fingerprint density at radius 2 is 2.10 bits per heavy atom. The molecular weight excluding hydrogens is 266 g/mol. The van der Waals surface area contributed by atoms with Gasteiger partial charge in [0.25, 0.3) is 5.69 Å². The fraction of sp³-hybridized carbons (Fsp3) is 0. The smallest absolute Gasteiger partial charge is 0.316 e. The van der Waals surface area contributed by atoms with Crippen LogP contribution in [0.25, 0.3) is 5.69 Å². The molecule has 2 heterocycles. The summed E-state index contributed by atoms with van der Waals surface area (Å²) >= 11 is 0. The summed E-state index contributed by atoms with van der Waals surface area (Å²) in [5, 5.41) is 17.0. The van der Waals surface area contributed by atoms with Gasteiger partial charge in [-0.3, -0.25) is 19.7 Å². The summed E-state index contributed by atoms with van der Waals surface area (Å²) in [6.45, 7) is 0. The van der Waals surface area contributed by atoms with Gasteiger partial charge in [-0.15, -0.1) is 0 Å². The first-order valence-corrected chi connectivity index (χ1v) is 5.44. The third-order valence-corrected chi connectivity index (χ3v) is 2.74. The van der Waals surface area contributed by atoms with Gasteiger partial charge in [-0.2, -0.15) is 0 Å². The summed E-state index contributed by atoms with van der Waals surface area (Å²) in [7, 11) is 0. The third-order valence-electron chi connectivity index (χ3n) is 2.74. The van der Waals surface area contributed by atoms with Crippen LogP contribution in [0.15, 0.2) is 30.9 Å². The molecular formula is C11H6N5O4. The van der Waals surface area contributed by atoms with E-state index in [9.17, 15) is 19.7 Å². The van der Waals surface area contributed by atoms with Crippen molar-refractivity contribution >= 4 is 28.9 Å². The number of nitro benzene ring substituents is 1. The Morgan fingerprint density at radius 1 is 1.30 bits per heavy atom. The average molecular weight is 272 g/mol. The quantitative estimate of drug-likeness (QED) is 0.484. The number of imidazole rings is 1. The van der Waals surface area contributed by atoms with Crippen molar-refractivity contribution in [3.8, 4) is 5.69 Å². The number of aromatic nitrogens is 2. The van der Waals surface area contributed by atoms with Gasteiger partial charge in [-0.05, 0) is 6.07 Å². The first-order valence-electron chi connectivity index (χ1n) is 5.44. The van der Waals surface area contributed by atoms with Crippen molar-refractivity contribution in [3.05, 3.63) is 41.0 Å². The molecule has 0 atom stereocenters. The highest BCUT2D eigenvalue weighted by Gasteiger charge is 2.29. The first-order chi connectivity index (χ1) is 9.56. The molecule has 0 bridgehead atoms. The Labute approximate surface area is 111 Å². The maximum Gasteiger partial charge on any atom is 0.335 e. The topological polar surface area (TPSA) is 121 Å². The summed E-state index contributed by atoms with van der Waals surface area (Å²) in [4.78, 5) is 36.8. The number of benzene rings is 1. The second-order valence-corrected chi connectivity index (χ2v) is 3.96. The molecule has 2 amide bonds. The predicted octanol–water partition coefficient (Wildman–Crippen LogP) is 0.495. The molecule has 9 nitrogen and oxygen atoms in total. The molecule has 99 valence electrons. The minimum absolute atomic E-state index is 0.130. The number of nitro groups is 1. The zero-order valence-corrected chi connectivity index (χ0v) is 9.81. The number of carbonyl (C=O) groups is 2. The summed E-state index contributed by atoms with van der Waals surface area (Å²) in [5.41, 5.74) is 0.277. The van der Waals surface area contributed by atoms with E-state index in [1.54, 1.807) is 0 Å². The summed E-state index contributed by atoms with van der Waals surface area (Å²) < 4.78 is 1.43. The molecule has 20 heavy (non-hydrogen) atoms. The van der Waals surface area contributed by atoms with Crippen LogP contribution in [0.3, 0.4) is 0 Å². The number of carbonyl (C=O) groups excluding carboxylic acids is 2. The van der Waals surface area contributed by atoms with Crippen LogP contribution in [0, 0.1) is 10.1 Å². The van der Waals surface area contributed by atoms with Crippen molar-refractivity contribution in [2.24, 2.45) is 0 Å². The standard InChI is InChI=1S/C11H6N5O4/c17-10-11(18)14-7-4-9(16(19)20)8(3-6(7)13-10)15-2-1-12-5-15/h1-5H,(H,14,18). The third kappa shape index (κ3) is 1.77. The summed E-state index contributed by atoms with van der Waals surface area (Å²) in [6, 6.07) is 2.52. The van der Waals surface area contributed by atoms with Gasteiger partial charge in [0.15, 0.2) is 0 Å². The fourth-order valence-electron chi connectivity index (χ4n) is 1.85. The Hall–Kier alpha value is -3.23. The molecule has 1 aliphatic rings. The molecule has 0 aliphatic carbocycles. The van der Waals surface area contributed by atoms with E-state index in [1.165, 1.54) is 35.4 Å². The molecule has 1 radical (unpaired) electrons. The lowest BCUT2D eigenvalue weighted by Crippen LogP contribution is -2.33. The van der Waals surface area contributed by atoms with Crippen LogP contribution < -0.4 is 10.6 Å². The van der Waals surface area contributed by atoms with Crippen LogP contribution in [0.2, 0.25) is 0 Å². The van der Waals surface area contributed by atoms with Crippen molar-refractivity contribution in [1.29, 1.82) is 0 Å². The Morgan fingerprint density at radius 3 is 2.75 bits per heavy atom. The van der Waals surface area contributed by atoms with E-state index in [-0.39, 0.29) is 22.7 Å². The SMILES string of the molecule is O=C1[N]c2cc(-n3ccnc3)c([N+](=O)[O-])cc2NC1=O. The first kappa shape index (κ1) is 11.8. The molecule has 2 aromatic rings. The molecule has 3 rings (SSSR count). The van der Waals surface area contributed by atoms with Crippen LogP contribution in [0.1, 0.15) is 0 Å². The number of anilines is 1. The van der Waals surface area contributed by atoms with E-state index < -0.39 is 16.7 Å². The summed E-state index contributed by atoms with van der Waals surface area (Å²) in [5.74, 6) is -1.86. The van der Waals surface area contributed by atoms with Gasteiger partial charge in [0.2, 0.25) is 0 Å². The number of hydrogen-bond acceptors (Lipinski definition) is 5. The number of nitrogens with one attached hydrogen (secondary N) is 1. The molecule has 1 N–H and O–H groups in total. The van der Waals surface area contributed by atoms with Crippen molar-refractivity contribution in [3.63, 3.8) is 0 Å². The second kappa shape index (κ2) is 4.16. The van der Waals surface area contributed by atoms with Gasteiger partial charge < -0.3 is 9.88 Å². The van der Waals surface area contributed by atoms with E-state index in [4.69, 9.17) is 0 Å². The molecule has 1 aromatic heterocycles. The summed E-state index contributed by atoms with van der Waals surface area (Å²) in [6.07, 6.45) is 4.38. The molecule has 0 saturated heterocycles. The van der Waals surface area contributed by atoms with Gasteiger partial charge >= 0.3 is 11.8 Å². The minimum atomic E-state index is -0.942. The molecule has 9 heteroatoms. The molecule has 0 spiro atoms. The monoisotopic (exact) mass is 272 g/mol. The van der Waals surface area contributed by atoms with Gasteiger partial charge in [-0.25, -0.2) is 10.3 Å².